The van der Waals surface area contributed by atoms with E-state index in [1.807, 2.05) is 18.2 Å². The summed E-state index contributed by atoms with van der Waals surface area (Å²) in [5, 5.41) is 0. The van der Waals surface area contributed by atoms with Crippen LogP contribution in [0.15, 0.2) is 24.3 Å². The Morgan fingerprint density at radius 1 is 1.43 bits per heavy atom. The fourth-order valence-corrected chi connectivity index (χ4v) is 2.75. The Bertz CT molecular complexity index is 516. The number of Topliss-reactive ketones (excluding diaryl/α,β-unsaturated/α-hetero) is 1. The number of carbonyl (C=O) groups excluding carboxylic acids is 2. The lowest BCUT2D eigenvalue weighted by Crippen LogP contribution is -2.40. The number of benzene rings is 1. The minimum Gasteiger partial charge on any atom is -0.497 e. The number of carbonyl (C=O) groups is 2. The monoisotopic (exact) mass is 290 g/mol. The highest BCUT2D eigenvalue weighted by molar-refractivity contribution is 5.98. The quantitative estimate of drug-likeness (QED) is 0.805. The van der Waals surface area contributed by atoms with E-state index in [0.29, 0.717) is 30.8 Å². The largest absolute Gasteiger partial charge is 0.497 e. The molecule has 21 heavy (non-hydrogen) atoms. The number of amides is 1. The van der Waals surface area contributed by atoms with Crippen LogP contribution in [0.2, 0.25) is 0 Å². The molecule has 1 atom stereocenters. The van der Waals surface area contributed by atoms with E-state index in [1.54, 1.807) is 13.2 Å². The van der Waals surface area contributed by atoms with Gasteiger partial charge in [0, 0.05) is 31.0 Å². The third-order valence-electron chi connectivity index (χ3n) is 3.90. The van der Waals surface area contributed by atoms with Crippen LogP contribution in [0.3, 0.4) is 0 Å². The lowest BCUT2D eigenvalue weighted by molar-refractivity contribution is -0.118. The van der Waals surface area contributed by atoms with E-state index in [2.05, 4.69) is 4.90 Å². The summed E-state index contributed by atoms with van der Waals surface area (Å²) in [4.78, 5) is 25.6. The number of methoxy groups -OCH3 is 1. The molecule has 0 aromatic heterocycles. The third-order valence-corrected chi connectivity index (χ3v) is 3.90. The van der Waals surface area contributed by atoms with E-state index < -0.39 is 0 Å². The van der Waals surface area contributed by atoms with Crippen molar-refractivity contribution in [3.63, 3.8) is 0 Å². The zero-order valence-corrected chi connectivity index (χ0v) is 12.4. The van der Waals surface area contributed by atoms with Gasteiger partial charge in [-0.25, -0.2) is 0 Å². The topological polar surface area (TPSA) is 72.6 Å². The zero-order valence-electron chi connectivity index (χ0n) is 12.4. The predicted octanol–water partition coefficient (Wildman–Crippen LogP) is 1.47. The van der Waals surface area contributed by atoms with Crippen molar-refractivity contribution in [2.75, 3.05) is 26.7 Å². The fraction of sp³-hybridized carbons (Fsp3) is 0.500. The molecule has 2 rings (SSSR count). The molecule has 0 radical (unpaired) electrons. The van der Waals surface area contributed by atoms with E-state index in [4.69, 9.17) is 10.5 Å². The molecule has 0 aliphatic carbocycles. The molecule has 1 aromatic carbocycles. The van der Waals surface area contributed by atoms with Gasteiger partial charge in [0.25, 0.3) is 0 Å². The van der Waals surface area contributed by atoms with E-state index >= 15 is 0 Å². The first-order valence-corrected chi connectivity index (χ1v) is 7.29. The van der Waals surface area contributed by atoms with Crippen molar-refractivity contribution < 1.29 is 14.3 Å². The van der Waals surface area contributed by atoms with Crippen molar-refractivity contribution >= 4 is 11.7 Å². The molecule has 0 bridgehead atoms. The summed E-state index contributed by atoms with van der Waals surface area (Å²) in [6.07, 6.45) is 2.21. The van der Waals surface area contributed by atoms with Crippen LogP contribution >= 0.6 is 0 Å². The summed E-state index contributed by atoms with van der Waals surface area (Å²) in [6.45, 7) is 2.26. The minimum absolute atomic E-state index is 0.0151. The Morgan fingerprint density at radius 2 is 2.24 bits per heavy atom. The van der Waals surface area contributed by atoms with E-state index in [0.717, 1.165) is 19.4 Å². The average molecular weight is 290 g/mol. The molecule has 1 aliphatic heterocycles. The van der Waals surface area contributed by atoms with Gasteiger partial charge in [-0.05, 0) is 31.5 Å². The molecule has 1 fully saturated rings. The Morgan fingerprint density at radius 3 is 2.95 bits per heavy atom. The summed E-state index contributed by atoms with van der Waals surface area (Å²) in [5.41, 5.74) is 5.87. The summed E-state index contributed by atoms with van der Waals surface area (Å²) in [7, 11) is 1.59. The Labute approximate surface area is 125 Å². The molecule has 1 aliphatic rings. The Hall–Kier alpha value is -1.88. The number of likely N-dealkylation sites (tertiary alicyclic amines) is 1. The van der Waals surface area contributed by atoms with Crippen LogP contribution in [0, 0.1) is 5.92 Å². The summed E-state index contributed by atoms with van der Waals surface area (Å²) >= 11 is 0. The van der Waals surface area contributed by atoms with Gasteiger partial charge in [0.05, 0.1) is 7.11 Å². The third kappa shape index (κ3) is 4.29. The van der Waals surface area contributed by atoms with Gasteiger partial charge in [0.2, 0.25) is 5.91 Å². The van der Waals surface area contributed by atoms with E-state index in [9.17, 15) is 9.59 Å². The summed E-state index contributed by atoms with van der Waals surface area (Å²) in [6, 6.07) is 7.27. The van der Waals surface area contributed by atoms with E-state index in [-0.39, 0.29) is 17.6 Å². The SMILES string of the molecule is COc1cccc(C(=O)[C@@H]2CCCN(CCC(N)=O)C2)c1. The maximum absolute atomic E-state index is 12.6. The number of hydrogen-bond donors (Lipinski definition) is 1. The molecule has 114 valence electrons. The fourth-order valence-electron chi connectivity index (χ4n) is 2.75. The van der Waals surface area contributed by atoms with Gasteiger partial charge in [0.1, 0.15) is 5.75 Å². The first-order valence-electron chi connectivity index (χ1n) is 7.29. The van der Waals surface area contributed by atoms with Gasteiger partial charge in [-0.3, -0.25) is 9.59 Å². The number of hydrogen-bond acceptors (Lipinski definition) is 4. The van der Waals surface area contributed by atoms with Gasteiger partial charge in [-0.15, -0.1) is 0 Å². The first kappa shape index (κ1) is 15.5. The second-order valence-electron chi connectivity index (χ2n) is 5.45. The van der Waals surface area contributed by atoms with Crippen LogP contribution in [0.5, 0.6) is 5.75 Å². The molecule has 1 heterocycles. The van der Waals surface area contributed by atoms with Crippen molar-refractivity contribution in [1.29, 1.82) is 0 Å². The predicted molar refractivity (Wildman–Crippen MR) is 80.3 cm³/mol. The molecule has 0 saturated carbocycles. The number of primary amides is 1. The molecule has 1 amide bonds. The van der Waals surface area contributed by atoms with Crippen molar-refractivity contribution in [2.24, 2.45) is 11.7 Å². The number of nitrogens with zero attached hydrogens (tertiary/aromatic N) is 1. The number of ketones is 1. The minimum atomic E-state index is -0.295. The van der Waals surface area contributed by atoms with Crippen LogP contribution in [0.4, 0.5) is 0 Å². The lowest BCUT2D eigenvalue weighted by Gasteiger charge is -2.31. The van der Waals surface area contributed by atoms with Crippen molar-refractivity contribution in [3.8, 4) is 5.75 Å². The molecule has 2 N–H and O–H groups in total. The maximum Gasteiger partial charge on any atom is 0.218 e. The standard InChI is InChI=1S/C16H22N2O3/c1-21-14-6-2-4-12(10-14)16(20)13-5-3-8-18(11-13)9-7-15(17)19/h2,4,6,10,13H,3,5,7-9,11H2,1H3,(H2,17,19)/t13-/m1/s1. The maximum atomic E-state index is 12.6. The second kappa shape index (κ2) is 7.22. The summed E-state index contributed by atoms with van der Waals surface area (Å²) < 4.78 is 5.16. The van der Waals surface area contributed by atoms with Crippen LogP contribution in [0.25, 0.3) is 0 Å². The molecule has 1 aromatic rings. The number of piperidine rings is 1. The molecule has 1 saturated heterocycles. The van der Waals surface area contributed by atoms with Gasteiger partial charge in [0.15, 0.2) is 5.78 Å². The zero-order chi connectivity index (χ0) is 15.2. The number of rotatable bonds is 6. The lowest BCUT2D eigenvalue weighted by atomic mass is 9.90. The normalized spacial score (nSPS) is 19.2. The smallest absolute Gasteiger partial charge is 0.218 e. The van der Waals surface area contributed by atoms with Crippen molar-refractivity contribution in [2.45, 2.75) is 19.3 Å². The molecular weight excluding hydrogens is 268 g/mol. The van der Waals surface area contributed by atoms with Crippen LogP contribution < -0.4 is 10.5 Å². The highest BCUT2D eigenvalue weighted by atomic mass is 16.5. The second-order valence-corrected chi connectivity index (χ2v) is 5.45. The van der Waals surface area contributed by atoms with Crippen LogP contribution in [0.1, 0.15) is 29.6 Å². The van der Waals surface area contributed by atoms with Crippen molar-refractivity contribution in [1.82, 2.24) is 4.90 Å². The van der Waals surface area contributed by atoms with Gasteiger partial charge in [-0.2, -0.15) is 0 Å². The van der Waals surface area contributed by atoms with Crippen molar-refractivity contribution in [3.05, 3.63) is 29.8 Å². The first-order chi connectivity index (χ1) is 10.1. The Kier molecular flexibility index (Phi) is 5.33. The molecule has 0 unspecified atom stereocenters. The molecular formula is C16H22N2O3. The van der Waals surface area contributed by atoms with Gasteiger partial charge < -0.3 is 15.4 Å². The van der Waals surface area contributed by atoms with Crippen LogP contribution in [-0.2, 0) is 4.79 Å². The van der Waals surface area contributed by atoms with Crippen LogP contribution in [-0.4, -0.2) is 43.3 Å². The molecule has 5 heteroatoms. The van der Waals surface area contributed by atoms with Gasteiger partial charge in [-0.1, -0.05) is 12.1 Å². The highest BCUT2D eigenvalue weighted by Gasteiger charge is 2.26. The number of ether oxygens (including phenoxy) is 1. The number of nitrogens with two attached hydrogens (primary N) is 1. The van der Waals surface area contributed by atoms with Gasteiger partial charge >= 0.3 is 0 Å². The van der Waals surface area contributed by atoms with E-state index in [1.165, 1.54) is 0 Å². The summed E-state index contributed by atoms with van der Waals surface area (Å²) in [5.74, 6) is 0.537. The average Bonchev–Trinajstić information content (AvgIpc) is 2.52. The molecule has 5 nitrogen and oxygen atoms in total. The molecule has 0 spiro atoms. The Balaban J connectivity index is 1.99. The highest BCUT2D eigenvalue weighted by Crippen LogP contribution is 2.23.